The van der Waals surface area contributed by atoms with Gasteiger partial charge in [-0.15, -0.1) is 0 Å². The number of carbonyl (C=O) groups is 2. The number of carbonyl (C=O) groups excluding carboxylic acids is 2. The third kappa shape index (κ3) is 5.53. The summed E-state index contributed by atoms with van der Waals surface area (Å²) in [5.41, 5.74) is 2.51. The highest BCUT2D eigenvalue weighted by atomic mass is 16.3. The second kappa shape index (κ2) is 8.68. The maximum absolute atomic E-state index is 12.2. The highest BCUT2D eigenvalue weighted by Gasteiger charge is 2.25. The molecule has 1 aliphatic rings. The summed E-state index contributed by atoms with van der Waals surface area (Å²) in [6.07, 6.45) is 1.09. The van der Waals surface area contributed by atoms with Gasteiger partial charge in [-0.1, -0.05) is 29.8 Å². The van der Waals surface area contributed by atoms with Gasteiger partial charge in [0.2, 0.25) is 5.91 Å². The van der Waals surface area contributed by atoms with Crippen molar-refractivity contribution in [2.75, 3.05) is 32.7 Å². The molecule has 0 aromatic heterocycles. The Hall–Kier alpha value is -2.08. The molecule has 0 saturated carbocycles. The monoisotopic (exact) mass is 333 g/mol. The lowest BCUT2D eigenvalue weighted by molar-refractivity contribution is -0.129. The highest BCUT2D eigenvalue weighted by molar-refractivity contribution is 5.75. The van der Waals surface area contributed by atoms with Crippen molar-refractivity contribution in [2.45, 2.75) is 32.8 Å². The fourth-order valence-electron chi connectivity index (χ4n) is 2.93. The average Bonchev–Trinajstić information content (AvgIpc) is 2.73. The van der Waals surface area contributed by atoms with Crippen LogP contribution in [0.4, 0.5) is 4.79 Å². The first kappa shape index (κ1) is 18.3. The van der Waals surface area contributed by atoms with E-state index in [9.17, 15) is 14.7 Å². The van der Waals surface area contributed by atoms with E-state index >= 15 is 0 Å². The van der Waals surface area contributed by atoms with Crippen LogP contribution >= 0.6 is 0 Å². The van der Waals surface area contributed by atoms with Crippen molar-refractivity contribution in [1.29, 1.82) is 0 Å². The molecule has 0 bridgehead atoms. The number of benzene rings is 1. The number of β-amino-alcohol motifs (C(OH)–C–C–N with tert-alkyl or cyclic N) is 1. The molecule has 1 aliphatic heterocycles. The number of amides is 3. The molecule has 0 spiro atoms. The molecule has 1 atom stereocenters. The normalized spacial score (nSPS) is 18.2. The molecule has 2 N–H and O–H groups in total. The minimum Gasteiger partial charge on any atom is -0.389 e. The minimum absolute atomic E-state index is 0.0746. The van der Waals surface area contributed by atoms with E-state index in [0.29, 0.717) is 19.6 Å². The number of rotatable bonds is 4. The summed E-state index contributed by atoms with van der Waals surface area (Å²) in [4.78, 5) is 26.8. The van der Waals surface area contributed by atoms with E-state index in [4.69, 9.17) is 0 Å². The molecule has 132 valence electrons. The SMILES string of the molecule is CC(=O)N1CCN(C(=O)NCCCc2cccc(C)c2)C[C@@H](O)C1. The zero-order valence-electron chi connectivity index (χ0n) is 14.5. The number of nitrogens with one attached hydrogen (secondary N) is 1. The Labute approximate surface area is 143 Å². The van der Waals surface area contributed by atoms with Crippen LogP contribution in [0.25, 0.3) is 0 Å². The summed E-state index contributed by atoms with van der Waals surface area (Å²) in [5.74, 6) is -0.0746. The minimum atomic E-state index is -0.700. The van der Waals surface area contributed by atoms with Crippen LogP contribution in [-0.2, 0) is 11.2 Å². The Bertz CT molecular complexity index is 576. The fraction of sp³-hybridized carbons (Fsp3) is 0.556. The van der Waals surface area contributed by atoms with Crippen molar-refractivity contribution in [1.82, 2.24) is 15.1 Å². The van der Waals surface area contributed by atoms with Gasteiger partial charge in [0.05, 0.1) is 12.6 Å². The molecule has 2 rings (SSSR count). The van der Waals surface area contributed by atoms with E-state index in [-0.39, 0.29) is 25.0 Å². The van der Waals surface area contributed by atoms with Gasteiger partial charge in [0.25, 0.3) is 0 Å². The number of hydrogen-bond donors (Lipinski definition) is 2. The van der Waals surface area contributed by atoms with Crippen LogP contribution in [0.2, 0.25) is 0 Å². The smallest absolute Gasteiger partial charge is 0.317 e. The molecular weight excluding hydrogens is 306 g/mol. The lowest BCUT2D eigenvalue weighted by Crippen LogP contribution is -2.44. The molecule has 1 aromatic rings. The fourth-order valence-corrected chi connectivity index (χ4v) is 2.93. The van der Waals surface area contributed by atoms with Gasteiger partial charge in [-0.25, -0.2) is 4.79 Å². The Kier molecular flexibility index (Phi) is 6.61. The van der Waals surface area contributed by atoms with Crippen molar-refractivity contribution >= 4 is 11.9 Å². The summed E-state index contributed by atoms with van der Waals surface area (Å²) < 4.78 is 0. The van der Waals surface area contributed by atoms with E-state index in [2.05, 4.69) is 30.4 Å². The van der Waals surface area contributed by atoms with Gasteiger partial charge in [-0.05, 0) is 25.3 Å². The highest BCUT2D eigenvalue weighted by Crippen LogP contribution is 2.07. The topological polar surface area (TPSA) is 72.9 Å². The van der Waals surface area contributed by atoms with E-state index in [1.807, 2.05) is 6.07 Å². The summed E-state index contributed by atoms with van der Waals surface area (Å²) in [7, 11) is 0. The van der Waals surface area contributed by atoms with Crippen LogP contribution in [0.1, 0.15) is 24.5 Å². The lowest BCUT2D eigenvalue weighted by atomic mass is 10.1. The van der Waals surface area contributed by atoms with Gasteiger partial charge in [-0.2, -0.15) is 0 Å². The summed E-state index contributed by atoms with van der Waals surface area (Å²) in [5, 5.41) is 12.9. The van der Waals surface area contributed by atoms with Gasteiger partial charge >= 0.3 is 6.03 Å². The van der Waals surface area contributed by atoms with E-state index in [1.165, 1.54) is 18.1 Å². The van der Waals surface area contributed by atoms with Crippen molar-refractivity contribution in [3.05, 3.63) is 35.4 Å². The molecule has 6 heteroatoms. The van der Waals surface area contributed by atoms with Crippen molar-refractivity contribution in [3.63, 3.8) is 0 Å². The number of urea groups is 1. The number of aliphatic hydroxyl groups excluding tert-OH is 1. The number of aryl methyl sites for hydroxylation is 2. The third-order valence-corrected chi connectivity index (χ3v) is 4.24. The molecule has 1 heterocycles. The van der Waals surface area contributed by atoms with Crippen LogP contribution < -0.4 is 5.32 Å². The van der Waals surface area contributed by atoms with Gasteiger partial charge < -0.3 is 20.2 Å². The zero-order chi connectivity index (χ0) is 17.5. The molecule has 0 aliphatic carbocycles. The van der Waals surface area contributed by atoms with Crippen LogP contribution in [-0.4, -0.2) is 65.7 Å². The van der Waals surface area contributed by atoms with Crippen LogP contribution in [0.15, 0.2) is 24.3 Å². The first-order valence-electron chi connectivity index (χ1n) is 8.47. The van der Waals surface area contributed by atoms with Crippen LogP contribution in [0.3, 0.4) is 0 Å². The van der Waals surface area contributed by atoms with Gasteiger partial charge in [0, 0.05) is 33.1 Å². The lowest BCUT2D eigenvalue weighted by Gasteiger charge is -2.22. The molecule has 3 amide bonds. The van der Waals surface area contributed by atoms with Crippen molar-refractivity contribution in [2.24, 2.45) is 0 Å². The second-order valence-electron chi connectivity index (χ2n) is 6.39. The van der Waals surface area contributed by atoms with Crippen LogP contribution in [0, 0.1) is 6.92 Å². The number of hydrogen-bond acceptors (Lipinski definition) is 3. The molecule has 6 nitrogen and oxygen atoms in total. The maximum atomic E-state index is 12.2. The second-order valence-corrected chi connectivity index (χ2v) is 6.39. The average molecular weight is 333 g/mol. The van der Waals surface area contributed by atoms with Gasteiger partial charge in [0.1, 0.15) is 0 Å². The summed E-state index contributed by atoms with van der Waals surface area (Å²) in [6.45, 7) is 5.59. The predicted octanol–water partition coefficient (Wildman–Crippen LogP) is 1.16. The molecule has 1 fully saturated rings. The molecule has 1 saturated heterocycles. The Morgan fingerprint density at radius 2 is 1.96 bits per heavy atom. The summed E-state index contributed by atoms with van der Waals surface area (Å²) >= 11 is 0. The first-order valence-corrected chi connectivity index (χ1v) is 8.47. The predicted molar refractivity (Wildman–Crippen MR) is 92.7 cm³/mol. The van der Waals surface area contributed by atoms with Crippen LogP contribution in [0.5, 0.6) is 0 Å². The Balaban J connectivity index is 1.74. The largest absolute Gasteiger partial charge is 0.389 e. The van der Waals surface area contributed by atoms with E-state index < -0.39 is 6.10 Å². The van der Waals surface area contributed by atoms with E-state index in [1.54, 1.807) is 9.80 Å². The Morgan fingerprint density at radius 3 is 2.67 bits per heavy atom. The Morgan fingerprint density at radius 1 is 1.25 bits per heavy atom. The van der Waals surface area contributed by atoms with Crippen molar-refractivity contribution < 1.29 is 14.7 Å². The quantitative estimate of drug-likeness (QED) is 0.812. The standard InChI is InChI=1S/C18H27N3O3/c1-14-5-3-6-16(11-14)7-4-8-19-18(24)21-10-9-20(15(2)22)12-17(23)13-21/h3,5-6,11,17,23H,4,7-10,12-13H2,1-2H3,(H,19,24)/t17-/m0/s1. The first-order chi connectivity index (χ1) is 11.5. The van der Waals surface area contributed by atoms with E-state index in [0.717, 1.165) is 12.8 Å². The van der Waals surface area contributed by atoms with Gasteiger partial charge in [-0.3, -0.25) is 4.79 Å². The van der Waals surface area contributed by atoms with Gasteiger partial charge in [0.15, 0.2) is 0 Å². The summed E-state index contributed by atoms with van der Waals surface area (Å²) in [6, 6.07) is 8.19. The molecule has 1 aromatic carbocycles. The zero-order valence-corrected chi connectivity index (χ0v) is 14.5. The number of nitrogens with zero attached hydrogens (tertiary/aromatic N) is 2. The molecule has 24 heavy (non-hydrogen) atoms. The molecule has 0 radical (unpaired) electrons. The molecule has 0 unspecified atom stereocenters. The third-order valence-electron chi connectivity index (χ3n) is 4.24. The molecular formula is C18H27N3O3. The maximum Gasteiger partial charge on any atom is 0.317 e. The van der Waals surface area contributed by atoms with Crippen molar-refractivity contribution in [3.8, 4) is 0 Å². The number of aliphatic hydroxyl groups is 1.